The third-order valence-corrected chi connectivity index (χ3v) is 8.00. The van der Waals surface area contributed by atoms with Gasteiger partial charge in [0.25, 0.3) is 5.91 Å². The second-order valence-electron chi connectivity index (χ2n) is 10.0. The summed E-state index contributed by atoms with van der Waals surface area (Å²) in [6.07, 6.45) is 1.86. The highest BCUT2D eigenvalue weighted by molar-refractivity contribution is 6.22. The number of esters is 1. The third-order valence-electron chi connectivity index (χ3n) is 8.00. The van der Waals surface area contributed by atoms with Crippen LogP contribution in [0.1, 0.15) is 34.7 Å². The van der Waals surface area contributed by atoms with Gasteiger partial charge in [-0.2, -0.15) is 0 Å². The summed E-state index contributed by atoms with van der Waals surface area (Å²) in [5, 5.41) is 2.65. The summed E-state index contributed by atoms with van der Waals surface area (Å²) in [6, 6.07) is 25.4. The lowest BCUT2D eigenvalue weighted by Crippen LogP contribution is -2.33. The van der Waals surface area contributed by atoms with Crippen molar-refractivity contribution in [3.05, 3.63) is 96.1 Å². The minimum atomic E-state index is -0.658. The Labute approximate surface area is 214 Å². The minimum absolute atomic E-state index is 0.137. The zero-order valence-electron chi connectivity index (χ0n) is 20.1. The first-order valence-corrected chi connectivity index (χ1v) is 12.6. The van der Waals surface area contributed by atoms with Crippen LogP contribution in [-0.2, 0) is 19.1 Å². The van der Waals surface area contributed by atoms with Crippen LogP contribution >= 0.6 is 0 Å². The summed E-state index contributed by atoms with van der Waals surface area (Å²) in [5.74, 6) is -1.23. The predicted molar refractivity (Wildman–Crippen MR) is 137 cm³/mol. The van der Waals surface area contributed by atoms with Crippen molar-refractivity contribution in [1.29, 1.82) is 0 Å². The Morgan fingerprint density at radius 2 is 1.46 bits per heavy atom. The topological polar surface area (TPSA) is 92.8 Å². The van der Waals surface area contributed by atoms with Gasteiger partial charge in [0.1, 0.15) is 0 Å². The molecule has 7 heteroatoms. The van der Waals surface area contributed by atoms with Gasteiger partial charge in [0.2, 0.25) is 11.8 Å². The number of carbonyl (C=O) groups excluding carboxylic acids is 4. The molecule has 1 N–H and O–H groups in total. The molecule has 0 radical (unpaired) electrons. The van der Waals surface area contributed by atoms with Gasteiger partial charge in [-0.3, -0.25) is 19.3 Å². The van der Waals surface area contributed by atoms with Crippen LogP contribution in [-0.4, -0.2) is 30.3 Å². The fraction of sp³-hybridized carbons (Fsp3) is 0.267. The van der Waals surface area contributed by atoms with E-state index in [-0.39, 0.29) is 41.0 Å². The number of hydrogen-bond donors (Lipinski definition) is 1. The highest BCUT2D eigenvalue weighted by atomic mass is 16.5. The number of rotatable bonds is 6. The highest BCUT2D eigenvalue weighted by Crippen LogP contribution is 2.61. The van der Waals surface area contributed by atoms with E-state index in [4.69, 9.17) is 4.74 Å². The normalized spacial score (nSPS) is 25.7. The first-order chi connectivity index (χ1) is 18.0. The van der Waals surface area contributed by atoms with Gasteiger partial charge < -0.3 is 10.1 Å². The van der Waals surface area contributed by atoms with Gasteiger partial charge in [-0.1, -0.05) is 48.5 Å². The van der Waals surface area contributed by atoms with Crippen molar-refractivity contribution in [3.63, 3.8) is 0 Å². The zero-order chi connectivity index (χ0) is 25.5. The summed E-state index contributed by atoms with van der Waals surface area (Å²) < 4.78 is 5.12. The van der Waals surface area contributed by atoms with Gasteiger partial charge in [0, 0.05) is 5.69 Å². The first kappa shape index (κ1) is 23.2. The third kappa shape index (κ3) is 4.10. The summed E-state index contributed by atoms with van der Waals surface area (Å²) in [4.78, 5) is 52.6. The summed E-state index contributed by atoms with van der Waals surface area (Å²) in [7, 11) is 0. The number of nitrogens with one attached hydrogen (secondary N) is 1. The zero-order valence-corrected chi connectivity index (χ0v) is 20.1. The predicted octanol–water partition coefficient (Wildman–Crippen LogP) is 4.41. The Morgan fingerprint density at radius 3 is 2.16 bits per heavy atom. The van der Waals surface area contributed by atoms with Crippen molar-refractivity contribution in [3.8, 4) is 0 Å². The minimum Gasteiger partial charge on any atom is -0.452 e. The van der Waals surface area contributed by atoms with Gasteiger partial charge in [-0.25, -0.2) is 4.79 Å². The maximum Gasteiger partial charge on any atom is 0.338 e. The molecule has 1 aliphatic heterocycles. The van der Waals surface area contributed by atoms with E-state index in [1.807, 2.05) is 24.3 Å². The van der Waals surface area contributed by atoms with Crippen molar-refractivity contribution in [2.75, 3.05) is 16.8 Å². The monoisotopic (exact) mass is 494 g/mol. The lowest BCUT2D eigenvalue weighted by Gasteiger charge is -2.28. The van der Waals surface area contributed by atoms with Crippen molar-refractivity contribution in [1.82, 2.24) is 0 Å². The van der Waals surface area contributed by atoms with Crippen LogP contribution in [0, 0.1) is 23.7 Å². The maximum absolute atomic E-state index is 13.5. The highest BCUT2D eigenvalue weighted by Gasteiger charge is 2.64. The Morgan fingerprint density at radius 1 is 0.811 bits per heavy atom. The molecule has 3 aromatic rings. The van der Waals surface area contributed by atoms with Gasteiger partial charge in [-0.15, -0.1) is 0 Å². The molecule has 5 atom stereocenters. The molecule has 0 aromatic heterocycles. The molecule has 2 aliphatic carbocycles. The largest absolute Gasteiger partial charge is 0.452 e. The van der Waals surface area contributed by atoms with Crippen molar-refractivity contribution >= 4 is 35.1 Å². The molecule has 2 bridgehead atoms. The number of carbonyl (C=O) groups is 4. The maximum atomic E-state index is 13.5. The molecular weight excluding hydrogens is 468 g/mol. The fourth-order valence-electron chi connectivity index (χ4n) is 6.48. The Kier molecular flexibility index (Phi) is 5.83. The standard InChI is InChI=1S/C30H26N2O5/c33-25(31-21-9-5-2-6-10-21)17-37-30(36)19-11-13-22(14-12-19)32-28(34)26-20-15-23(18-7-3-1-4-8-18)24(16-20)27(26)29(32)35/h1-14,20,23-24,26-27H,15-17H2,(H,31,33)/t20-,23+,24+,26+,27-/m0/s1. The van der Waals surface area contributed by atoms with Crippen LogP contribution in [0.25, 0.3) is 0 Å². The van der Waals surface area contributed by atoms with Gasteiger partial charge >= 0.3 is 5.97 Å². The van der Waals surface area contributed by atoms with Crippen LogP contribution in [0.5, 0.6) is 0 Å². The Hall–Kier alpha value is -4.26. The van der Waals surface area contributed by atoms with E-state index in [1.54, 1.807) is 36.4 Å². The second-order valence-corrected chi connectivity index (χ2v) is 10.0. The summed E-state index contributed by atoms with van der Waals surface area (Å²) in [6.45, 7) is -0.423. The molecule has 7 nitrogen and oxygen atoms in total. The SMILES string of the molecule is O=C(COC(=O)c1ccc(N2C(=O)[C@@H]3[C@@H]4C[C@@H]([C@@H]3C2=O)[C@@H](c2ccccc2)C4)cc1)Nc1ccccc1. The van der Waals surface area contributed by atoms with Gasteiger partial charge in [0.15, 0.2) is 6.61 Å². The fourth-order valence-corrected chi connectivity index (χ4v) is 6.48. The van der Waals surface area contributed by atoms with E-state index in [1.165, 1.54) is 22.6 Å². The number of amides is 3. The number of para-hydroxylation sites is 1. The van der Waals surface area contributed by atoms with Crippen LogP contribution in [0.3, 0.4) is 0 Å². The average molecular weight is 495 g/mol. The Balaban J connectivity index is 1.11. The van der Waals surface area contributed by atoms with Crippen molar-refractivity contribution in [2.24, 2.45) is 23.7 Å². The second kappa shape index (κ2) is 9.32. The molecule has 0 unspecified atom stereocenters. The van der Waals surface area contributed by atoms with Crippen LogP contribution in [0.2, 0.25) is 0 Å². The van der Waals surface area contributed by atoms with Crippen LogP contribution < -0.4 is 10.2 Å². The van der Waals surface area contributed by atoms with Gasteiger partial charge in [0.05, 0.1) is 23.1 Å². The van der Waals surface area contributed by atoms with E-state index in [0.717, 1.165) is 12.8 Å². The average Bonchev–Trinajstić information content (AvgIpc) is 3.60. The number of nitrogens with zero attached hydrogens (tertiary/aromatic N) is 1. The number of imide groups is 1. The van der Waals surface area contributed by atoms with Crippen molar-refractivity contribution in [2.45, 2.75) is 18.8 Å². The summed E-state index contributed by atoms with van der Waals surface area (Å²) >= 11 is 0. The molecule has 0 spiro atoms. The molecule has 1 saturated heterocycles. The molecule has 186 valence electrons. The van der Waals surface area contributed by atoms with E-state index >= 15 is 0 Å². The molecule has 1 heterocycles. The first-order valence-electron chi connectivity index (χ1n) is 12.6. The number of fused-ring (bicyclic) bond motifs is 5. The van der Waals surface area contributed by atoms with E-state index < -0.39 is 18.5 Å². The van der Waals surface area contributed by atoms with Crippen LogP contribution in [0.15, 0.2) is 84.9 Å². The van der Waals surface area contributed by atoms with E-state index in [2.05, 4.69) is 17.4 Å². The number of hydrogen-bond acceptors (Lipinski definition) is 5. The molecule has 3 aromatic carbocycles. The van der Waals surface area contributed by atoms with Gasteiger partial charge in [-0.05, 0) is 72.6 Å². The lowest BCUT2D eigenvalue weighted by atomic mass is 9.73. The summed E-state index contributed by atoms with van der Waals surface area (Å²) in [5.41, 5.74) is 2.55. The molecule has 6 rings (SSSR count). The quantitative estimate of drug-likeness (QED) is 0.405. The smallest absolute Gasteiger partial charge is 0.338 e. The van der Waals surface area contributed by atoms with E-state index in [0.29, 0.717) is 17.3 Å². The molecular formula is C30H26N2O5. The molecule has 3 amide bonds. The number of ether oxygens (including phenoxy) is 1. The molecule has 3 aliphatic rings. The number of anilines is 2. The van der Waals surface area contributed by atoms with Crippen molar-refractivity contribution < 1.29 is 23.9 Å². The Bertz CT molecular complexity index is 1360. The van der Waals surface area contributed by atoms with E-state index in [9.17, 15) is 19.2 Å². The molecule has 2 saturated carbocycles. The lowest BCUT2D eigenvalue weighted by molar-refractivity contribution is -0.123. The molecule has 37 heavy (non-hydrogen) atoms. The number of benzene rings is 3. The van der Waals surface area contributed by atoms with Crippen LogP contribution in [0.4, 0.5) is 11.4 Å². The molecule has 3 fully saturated rings.